The Labute approximate surface area is 65.3 Å². The van der Waals surface area contributed by atoms with Crippen molar-refractivity contribution in [1.82, 2.24) is 19.6 Å². The van der Waals surface area contributed by atoms with E-state index in [-0.39, 0.29) is 4.70 Å². The Morgan fingerprint density at radius 1 is 0.455 bits per heavy atom. The largest absolute Gasteiger partial charge is 0.269 e. The molecule has 0 saturated carbocycles. The number of halogens is 1. The van der Waals surface area contributed by atoms with Gasteiger partial charge in [-0.2, -0.15) is 0 Å². The van der Waals surface area contributed by atoms with Crippen molar-refractivity contribution in [3.63, 3.8) is 0 Å². The maximum atomic E-state index is 2.47. The molecule has 0 aromatic carbocycles. The molecule has 0 spiro atoms. The van der Waals surface area contributed by atoms with Gasteiger partial charge in [0.25, 0.3) is 0 Å². The van der Waals surface area contributed by atoms with E-state index in [1.807, 2.05) is 0 Å². The summed E-state index contributed by atoms with van der Waals surface area (Å²) >= 11 is 0. The van der Waals surface area contributed by atoms with E-state index < -0.39 is 0 Å². The van der Waals surface area contributed by atoms with Gasteiger partial charge in [0.1, 0.15) is 0 Å². The summed E-state index contributed by atoms with van der Waals surface area (Å²) in [6.45, 7) is 7.12. The van der Waals surface area contributed by atoms with Gasteiger partial charge in [-0.1, -0.05) is 0 Å². The molecule has 0 N–H and O–H groups in total. The van der Waals surface area contributed by atoms with Crippen LogP contribution in [0.15, 0.2) is 0 Å². The minimum absolute atomic E-state index is 0. The first-order valence-electron chi connectivity index (χ1n) is 3.79. The average Bonchev–Trinajstić information content (AvgIpc) is 1.82. The Bertz CT molecular complexity index is 106. The van der Waals surface area contributed by atoms with E-state index in [0.29, 0.717) is 0 Å². The molecule has 0 aromatic rings. The number of nitrogens with zero attached hydrogens (tertiary/aromatic N) is 4. The molecule has 4 saturated heterocycles. The average molecular weight is 160 g/mol. The number of hydrogen-bond acceptors (Lipinski definition) is 4. The lowest BCUT2D eigenvalue weighted by atomic mass is 10.4. The molecule has 4 aliphatic rings. The Kier molecular flexibility index (Phi) is 1.61. The minimum atomic E-state index is 0. The van der Waals surface area contributed by atoms with Crippen molar-refractivity contribution in [3.8, 4) is 0 Å². The van der Waals surface area contributed by atoms with Crippen LogP contribution in [0.4, 0.5) is 4.70 Å². The second-order valence-electron chi connectivity index (χ2n) is 3.53. The number of rotatable bonds is 0. The van der Waals surface area contributed by atoms with E-state index in [1.165, 1.54) is 40.0 Å². The van der Waals surface area contributed by atoms with Gasteiger partial charge < -0.3 is 0 Å². The summed E-state index contributed by atoms with van der Waals surface area (Å²) in [5.74, 6) is 0. The summed E-state index contributed by atoms with van der Waals surface area (Å²) in [5, 5.41) is 0. The van der Waals surface area contributed by atoms with Crippen molar-refractivity contribution in [2.45, 2.75) is 0 Å². The van der Waals surface area contributed by atoms with Gasteiger partial charge in [0, 0.05) is 0 Å². The topological polar surface area (TPSA) is 13.0 Å². The SMILES string of the molecule is C1N2CN3CN1CN(C2)C3.F. The third kappa shape index (κ3) is 1.04. The van der Waals surface area contributed by atoms with Crippen LogP contribution < -0.4 is 0 Å². The summed E-state index contributed by atoms with van der Waals surface area (Å²) < 4.78 is 0. The smallest absolute Gasteiger partial charge is 0.0555 e. The molecular formula is C6H13FN4. The van der Waals surface area contributed by atoms with Crippen molar-refractivity contribution in [2.24, 2.45) is 0 Å². The van der Waals surface area contributed by atoms with Gasteiger partial charge in [0.15, 0.2) is 0 Å². The van der Waals surface area contributed by atoms with Crippen LogP contribution in [0.2, 0.25) is 0 Å². The highest BCUT2D eigenvalue weighted by Gasteiger charge is 2.36. The van der Waals surface area contributed by atoms with Crippen LogP contribution >= 0.6 is 0 Å². The Morgan fingerprint density at radius 3 is 0.818 bits per heavy atom. The zero-order valence-electron chi connectivity index (χ0n) is 6.44. The van der Waals surface area contributed by atoms with Crippen LogP contribution in [0.1, 0.15) is 0 Å². The van der Waals surface area contributed by atoms with Crippen LogP contribution in [0.25, 0.3) is 0 Å². The third-order valence-electron chi connectivity index (χ3n) is 2.40. The van der Waals surface area contributed by atoms with Gasteiger partial charge in [-0.15, -0.1) is 0 Å². The lowest BCUT2D eigenvalue weighted by Gasteiger charge is -2.56. The zero-order valence-corrected chi connectivity index (χ0v) is 6.44. The summed E-state index contributed by atoms with van der Waals surface area (Å²) in [4.78, 5) is 9.88. The molecule has 0 aliphatic carbocycles. The second-order valence-corrected chi connectivity index (χ2v) is 3.53. The molecule has 4 nitrogen and oxygen atoms in total. The lowest BCUT2D eigenvalue weighted by Crippen LogP contribution is -2.71. The van der Waals surface area contributed by atoms with E-state index in [1.54, 1.807) is 0 Å². The molecule has 0 atom stereocenters. The molecule has 0 radical (unpaired) electrons. The highest BCUT2D eigenvalue weighted by Crippen LogP contribution is 2.20. The molecule has 4 aliphatic heterocycles. The quantitative estimate of drug-likeness (QED) is 0.457. The maximum Gasteiger partial charge on any atom is 0.0555 e. The van der Waals surface area contributed by atoms with E-state index in [0.717, 1.165) is 0 Å². The van der Waals surface area contributed by atoms with Crippen molar-refractivity contribution < 1.29 is 4.70 Å². The molecular weight excluding hydrogens is 147 g/mol. The van der Waals surface area contributed by atoms with Crippen molar-refractivity contribution >= 4 is 0 Å². The van der Waals surface area contributed by atoms with Crippen LogP contribution in [0.5, 0.6) is 0 Å². The van der Waals surface area contributed by atoms with Gasteiger partial charge in [-0.05, 0) is 0 Å². The third-order valence-corrected chi connectivity index (χ3v) is 2.40. The molecule has 0 amide bonds. The first kappa shape index (κ1) is 7.42. The normalized spacial score (nSPS) is 52.4. The first-order valence-corrected chi connectivity index (χ1v) is 3.79. The van der Waals surface area contributed by atoms with Crippen LogP contribution in [0.3, 0.4) is 0 Å². The standard InChI is InChI=1S/C6H12N4.FH/c1-7-2-9-4-8(1)5-10(3-7)6-9;/h1-6H2;1H. The van der Waals surface area contributed by atoms with E-state index in [4.69, 9.17) is 0 Å². The fourth-order valence-corrected chi connectivity index (χ4v) is 2.23. The Balaban J connectivity index is 0.000000480. The summed E-state index contributed by atoms with van der Waals surface area (Å²) in [6, 6.07) is 0. The van der Waals surface area contributed by atoms with E-state index >= 15 is 0 Å². The molecule has 11 heavy (non-hydrogen) atoms. The monoisotopic (exact) mass is 160 g/mol. The highest BCUT2D eigenvalue weighted by molar-refractivity contribution is 4.79. The zero-order chi connectivity index (χ0) is 6.55. The predicted octanol–water partition coefficient (Wildman–Crippen LogP) is -0.867. The summed E-state index contributed by atoms with van der Waals surface area (Å²) in [5.41, 5.74) is 0. The molecule has 4 fully saturated rings. The predicted molar refractivity (Wildman–Crippen MR) is 39.1 cm³/mol. The van der Waals surface area contributed by atoms with Gasteiger partial charge >= 0.3 is 0 Å². The van der Waals surface area contributed by atoms with E-state index in [9.17, 15) is 0 Å². The summed E-state index contributed by atoms with van der Waals surface area (Å²) in [7, 11) is 0. The van der Waals surface area contributed by atoms with Crippen molar-refractivity contribution in [2.75, 3.05) is 40.0 Å². The maximum absolute atomic E-state index is 2.47. The highest BCUT2D eigenvalue weighted by atomic mass is 19.0. The lowest BCUT2D eigenvalue weighted by molar-refractivity contribution is -0.194. The van der Waals surface area contributed by atoms with Crippen LogP contribution in [-0.2, 0) is 0 Å². The fraction of sp³-hybridized carbons (Fsp3) is 1.00. The molecule has 0 unspecified atom stereocenters. The first-order chi connectivity index (χ1) is 4.90. The molecule has 4 bridgehead atoms. The van der Waals surface area contributed by atoms with Crippen molar-refractivity contribution in [3.05, 3.63) is 0 Å². The van der Waals surface area contributed by atoms with Gasteiger partial charge in [0.05, 0.1) is 40.0 Å². The van der Waals surface area contributed by atoms with Gasteiger partial charge in [0.2, 0.25) is 0 Å². The van der Waals surface area contributed by atoms with Gasteiger partial charge in [-0.25, -0.2) is 0 Å². The molecule has 4 rings (SSSR count). The minimum Gasteiger partial charge on any atom is -0.269 e. The molecule has 0 aromatic heterocycles. The van der Waals surface area contributed by atoms with Gasteiger partial charge in [-0.3, -0.25) is 24.3 Å². The second kappa shape index (κ2) is 2.38. The number of hydrogen-bond donors (Lipinski definition) is 0. The molecule has 5 heteroatoms. The molecule has 64 valence electrons. The van der Waals surface area contributed by atoms with Crippen LogP contribution in [0, 0.1) is 0 Å². The molecule has 4 heterocycles. The Morgan fingerprint density at radius 2 is 0.636 bits per heavy atom. The summed E-state index contributed by atoms with van der Waals surface area (Å²) in [6.07, 6.45) is 0. The van der Waals surface area contributed by atoms with E-state index in [2.05, 4.69) is 19.6 Å². The van der Waals surface area contributed by atoms with Crippen LogP contribution in [-0.4, -0.2) is 59.6 Å². The fourth-order valence-electron chi connectivity index (χ4n) is 2.23. The van der Waals surface area contributed by atoms with Crippen molar-refractivity contribution in [1.29, 1.82) is 0 Å². The Hall–Kier alpha value is -0.230.